The topological polar surface area (TPSA) is 49.6 Å². The van der Waals surface area contributed by atoms with E-state index in [1.165, 1.54) is 10.6 Å². The molecule has 0 saturated heterocycles. The van der Waals surface area contributed by atoms with Crippen LogP contribution in [0.25, 0.3) is 5.65 Å². The maximum Gasteiger partial charge on any atom is 0.417 e. The Labute approximate surface area is 158 Å². The summed E-state index contributed by atoms with van der Waals surface area (Å²) in [7, 11) is 3.82. The van der Waals surface area contributed by atoms with Gasteiger partial charge in [0.25, 0.3) is 0 Å². The van der Waals surface area contributed by atoms with Gasteiger partial charge < -0.3 is 14.6 Å². The Bertz CT molecular complexity index is 981. The number of hydrogen-bond donors (Lipinski definition) is 1. The fourth-order valence-corrected chi connectivity index (χ4v) is 2.82. The minimum atomic E-state index is -4.52. The van der Waals surface area contributed by atoms with Gasteiger partial charge in [0.15, 0.2) is 5.65 Å². The second-order valence-electron chi connectivity index (χ2n) is 6.20. The molecule has 2 aromatic heterocycles. The van der Waals surface area contributed by atoms with Crippen LogP contribution in [0.15, 0.2) is 42.7 Å². The Morgan fingerprint density at radius 2 is 1.89 bits per heavy atom. The van der Waals surface area contributed by atoms with Gasteiger partial charge in [-0.3, -0.25) is 4.79 Å². The number of nitrogens with zero attached hydrogens (tertiary/aromatic N) is 3. The summed E-state index contributed by atoms with van der Waals surface area (Å²) < 4.78 is 39.8. The lowest BCUT2D eigenvalue weighted by molar-refractivity contribution is -0.137. The van der Waals surface area contributed by atoms with E-state index in [2.05, 4.69) is 10.3 Å². The van der Waals surface area contributed by atoms with E-state index in [9.17, 15) is 18.0 Å². The summed E-state index contributed by atoms with van der Waals surface area (Å²) in [5.41, 5.74) is 1.21. The van der Waals surface area contributed by atoms with Crippen molar-refractivity contribution in [3.8, 4) is 0 Å². The molecule has 0 radical (unpaired) electrons. The first-order valence-electron chi connectivity index (χ1n) is 7.95. The summed E-state index contributed by atoms with van der Waals surface area (Å²) >= 11 is 5.90. The van der Waals surface area contributed by atoms with Crippen LogP contribution in [-0.2, 0) is 17.4 Å². The Balaban J connectivity index is 1.76. The predicted octanol–water partition coefficient (Wildman–Crippen LogP) is 4.25. The van der Waals surface area contributed by atoms with Crippen molar-refractivity contribution in [3.05, 3.63) is 59.0 Å². The van der Waals surface area contributed by atoms with Gasteiger partial charge in [0.05, 0.1) is 22.7 Å². The lowest BCUT2D eigenvalue weighted by Crippen LogP contribution is -2.15. The number of carbonyl (C=O) groups is 1. The molecule has 5 nitrogen and oxygen atoms in total. The number of benzene rings is 1. The van der Waals surface area contributed by atoms with E-state index in [0.29, 0.717) is 11.4 Å². The van der Waals surface area contributed by atoms with Gasteiger partial charge in [-0.05, 0) is 30.3 Å². The maximum atomic E-state index is 12.9. The Hall–Kier alpha value is -2.74. The Kier molecular flexibility index (Phi) is 5.01. The van der Waals surface area contributed by atoms with E-state index in [-0.39, 0.29) is 23.0 Å². The van der Waals surface area contributed by atoms with Crippen LogP contribution in [0, 0.1) is 0 Å². The molecule has 0 bridgehead atoms. The molecule has 1 N–H and O–H groups in total. The fraction of sp³-hybridized carbons (Fsp3) is 0.222. The van der Waals surface area contributed by atoms with Crippen LogP contribution < -0.4 is 10.2 Å². The third-order valence-electron chi connectivity index (χ3n) is 3.89. The first-order chi connectivity index (χ1) is 12.6. The minimum absolute atomic E-state index is 0.0885. The number of nitrogens with one attached hydrogen (secondary N) is 1. The van der Waals surface area contributed by atoms with Crippen molar-refractivity contribution in [1.29, 1.82) is 0 Å². The molecule has 27 heavy (non-hydrogen) atoms. The average molecular weight is 397 g/mol. The van der Waals surface area contributed by atoms with E-state index in [0.717, 1.165) is 18.0 Å². The van der Waals surface area contributed by atoms with E-state index in [1.54, 1.807) is 12.1 Å². The van der Waals surface area contributed by atoms with E-state index in [4.69, 9.17) is 11.6 Å². The maximum absolute atomic E-state index is 12.9. The number of carbonyl (C=O) groups excluding carboxylic acids is 1. The van der Waals surface area contributed by atoms with Crippen molar-refractivity contribution in [1.82, 2.24) is 9.38 Å². The molecular weight excluding hydrogens is 381 g/mol. The van der Waals surface area contributed by atoms with Gasteiger partial charge in [-0.15, -0.1) is 0 Å². The zero-order valence-electron chi connectivity index (χ0n) is 14.5. The van der Waals surface area contributed by atoms with Gasteiger partial charge >= 0.3 is 6.18 Å². The summed E-state index contributed by atoms with van der Waals surface area (Å²) in [5, 5.41) is 2.60. The molecule has 0 aliphatic carbocycles. The van der Waals surface area contributed by atoms with Gasteiger partial charge in [-0.25, -0.2) is 4.98 Å². The highest BCUT2D eigenvalue weighted by Crippen LogP contribution is 2.32. The number of pyridine rings is 1. The van der Waals surface area contributed by atoms with Crippen LogP contribution in [-0.4, -0.2) is 29.4 Å². The average Bonchev–Trinajstić information content (AvgIpc) is 2.97. The Morgan fingerprint density at radius 3 is 2.48 bits per heavy atom. The Morgan fingerprint density at radius 1 is 1.22 bits per heavy atom. The summed E-state index contributed by atoms with van der Waals surface area (Å²) in [6, 6.07) is 8.07. The molecule has 0 unspecified atom stereocenters. The van der Waals surface area contributed by atoms with E-state index >= 15 is 0 Å². The molecule has 0 spiro atoms. The number of rotatable bonds is 4. The molecule has 0 aliphatic rings. The first-order valence-corrected chi connectivity index (χ1v) is 8.33. The van der Waals surface area contributed by atoms with Crippen LogP contribution in [0.1, 0.15) is 11.3 Å². The fourth-order valence-electron chi connectivity index (χ4n) is 2.56. The van der Waals surface area contributed by atoms with Crippen LogP contribution in [0.2, 0.25) is 5.02 Å². The van der Waals surface area contributed by atoms with Crippen LogP contribution in [0.4, 0.5) is 24.5 Å². The molecule has 2 heterocycles. The molecule has 0 aliphatic heterocycles. The summed E-state index contributed by atoms with van der Waals surface area (Å²) in [6.07, 6.45) is -2.34. The molecule has 3 rings (SSSR count). The van der Waals surface area contributed by atoms with Crippen LogP contribution in [0.3, 0.4) is 0 Å². The quantitative estimate of drug-likeness (QED) is 0.717. The molecule has 0 saturated carbocycles. The molecule has 142 valence electrons. The number of alkyl halides is 3. The first kappa shape index (κ1) is 19.0. The van der Waals surface area contributed by atoms with Crippen molar-refractivity contribution >= 4 is 34.5 Å². The monoisotopic (exact) mass is 396 g/mol. The number of amides is 1. The summed E-state index contributed by atoms with van der Waals surface area (Å²) in [6.45, 7) is 0. The number of hydrogen-bond acceptors (Lipinski definition) is 3. The number of fused-ring (bicyclic) bond motifs is 1. The minimum Gasteiger partial charge on any atom is -0.378 e. The van der Waals surface area contributed by atoms with Gasteiger partial charge in [0, 0.05) is 37.9 Å². The lowest BCUT2D eigenvalue weighted by Gasteiger charge is -2.12. The van der Waals surface area contributed by atoms with Crippen molar-refractivity contribution in [3.63, 3.8) is 0 Å². The smallest absolute Gasteiger partial charge is 0.378 e. The van der Waals surface area contributed by atoms with Gasteiger partial charge in [-0.2, -0.15) is 13.2 Å². The van der Waals surface area contributed by atoms with E-state index in [1.807, 2.05) is 31.1 Å². The molecule has 0 fully saturated rings. The van der Waals surface area contributed by atoms with Crippen LogP contribution >= 0.6 is 11.6 Å². The molecule has 9 heteroatoms. The second kappa shape index (κ2) is 7.11. The van der Waals surface area contributed by atoms with Crippen molar-refractivity contribution in [2.45, 2.75) is 12.6 Å². The van der Waals surface area contributed by atoms with Gasteiger partial charge in [0.2, 0.25) is 5.91 Å². The normalized spacial score (nSPS) is 11.6. The predicted molar refractivity (Wildman–Crippen MR) is 98.3 cm³/mol. The zero-order valence-corrected chi connectivity index (χ0v) is 15.3. The standard InChI is InChI=1S/C18H16ClF3N4O/c1-25(2)14-5-3-12(4-6-14)23-16(27)8-13-10-26-9-11(18(20,21)22)7-15(19)17(26)24-13/h3-7,9-10H,8H2,1-2H3,(H,23,27). The SMILES string of the molecule is CN(C)c1ccc(NC(=O)Cc2cn3cc(C(F)(F)F)cc(Cl)c3n2)cc1. The molecule has 0 atom stereocenters. The number of halogens is 4. The number of anilines is 2. The third kappa shape index (κ3) is 4.33. The molecular formula is C18H16ClF3N4O. The third-order valence-corrected chi connectivity index (χ3v) is 4.17. The largest absolute Gasteiger partial charge is 0.417 e. The summed E-state index contributed by atoms with van der Waals surface area (Å²) in [5.74, 6) is -0.330. The van der Waals surface area contributed by atoms with Crippen molar-refractivity contribution in [2.75, 3.05) is 24.3 Å². The highest BCUT2D eigenvalue weighted by molar-refractivity contribution is 6.33. The lowest BCUT2D eigenvalue weighted by atomic mass is 10.2. The van der Waals surface area contributed by atoms with E-state index < -0.39 is 11.7 Å². The highest BCUT2D eigenvalue weighted by atomic mass is 35.5. The van der Waals surface area contributed by atoms with Gasteiger partial charge in [0.1, 0.15) is 0 Å². The molecule has 1 amide bonds. The van der Waals surface area contributed by atoms with Crippen LogP contribution in [0.5, 0.6) is 0 Å². The zero-order chi connectivity index (χ0) is 19.8. The second-order valence-corrected chi connectivity index (χ2v) is 6.61. The van der Waals surface area contributed by atoms with Crippen molar-refractivity contribution in [2.24, 2.45) is 0 Å². The number of aromatic nitrogens is 2. The highest BCUT2D eigenvalue weighted by Gasteiger charge is 2.32. The summed E-state index contributed by atoms with van der Waals surface area (Å²) in [4.78, 5) is 18.3. The number of imidazole rings is 1. The molecule has 3 aromatic rings. The molecule has 1 aromatic carbocycles. The van der Waals surface area contributed by atoms with Crippen molar-refractivity contribution < 1.29 is 18.0 Å². The van der Waals surface area contributed by atoms with Gasteiger partial charge in [-0.1, -0.05) is 11.6 Å².